The molecule has 0 bridgehead atoms. The number of benzene rings is 1. The van der Waals surface area contributed by atoms with Gasteiger partial charge >= 0.3 is 5.97 Å². The number of nitriles is 1. The molecule has 0 aliphatic heterocycles. The summed E-state index contributed by atoms with van der Waals surface area (Å²) in [6.45, 7) is 3.47. The summed E-state index contributed by atoms with van der Waals surface area (Å²) < 4.78 is 8.21. The van der Waals surface area contributed by atoms with E-state index in [0.29, 0.717) is 16.9 Å². The molecule has 7 heteroatoms. The van der Waals surface area contributed by atoms with Crippen LogP contribution in [-0.2, 0) is 9.53 Å². The maximum absolute atomic E-state index is 12.4. The zero-order chi connectivity index (χ0) is 20.3. The summed E-state index contributed by atoms with van der Waals surface area (Å²) in [6.07, 6.45) is 4.35. The Morgan fingerprint density at radius 1 is 1.25 bits per heavy atom. The largest absolute Gasteiger partial charge is 0.452 e. The van der Waals surface area contributed by atoms with E-state index in [2.05, 4.69) is 38.5 Å². The standard InChI is InChI=1S/C21H22IN3O3/c1-13-14(2)25(17-5-3-4-6-17)20(18(13)11-23)24-19(26)12-28-21(27)15-7-9-16(22)10-8-15/h7-10,17H,3-6,12H2,1-2H3,(H,24,26). The SMILES string of the molecule is Cc1c(C#N)c(NC(=O)COC(=O)c2ccc(I)cc2)n(C2CCCC2)c1C. The lowest BCUT2D eigenvalue weighted by Gasteiger charge is -2.19. The molecule has 6 nitrogen and oxygen atoms in total. The predicted molar refractivity (Wildman–Crippen MR) is 114 cm³/mol. The molecule has 1 aliphatic carbocycles. The van der Waals surface area contributed by atoms with E-state index in [1.165, 1.54) is 0 Å². The molecule has 0 saturated heterocycles. The van der Waals surface area contributed by atoms with Crippen LogP contribution in [-0.4, -0.2) is 23.1 Å². The topological polar surface area (TPSA) is 84.1 Å². The van der Waals surface area contributed by atoms with E-state index in [9.17, 15) is 14.9 Å². The second kappa shape index (κ2) is 8.78. The van der Waals surface area contributed by atoms with Crippen LogP contribution in [0.4, 0.5) is 5.82 Å². The zero-order valence-corrected chi connectivity index (χ0v) is 18.1. The summed E-state index contributed by atoms with van der Waals surface area (Å²) in [6, 6.07) is 9.41. The highest BCUT2D eigenvalue weighted by Crippen LogP contribution is 2.37. The monoisotopic (exact) mass is 491 g/mol. The van der Waals surface area contributed by atoms with Crippen molar-refractivity contribution in [1.29, 1.82) is 5.26 Å². The number of nitrogens with zero attached hydrogens (tertiary/aromatic N) is 2. The number of hydrogen-bond acceptors (Lipinski definition) is 4. The van der Waals surface area contributed by atoms with Gasteiger partial charge in [-0.15, -0.1) is 0 Å². The molecule has 28 heavy (non-hydrogen) atoms. The molecule has 1 aromatic carbocycles. The fourth-order valence-electron chi connectivity index (χ4n) is 3.67. The Kier molecular flexibility index (Phi) is 6.39. The van der Waals surface area contributed by atoms with Crippen molar-refractivity contribution >= 4 is 40.3 Å². The maximum atomic E-state index is 12.4. The van der Waals surface area contributed by atoms with E-state index in [0.717, 1.165) is 40.5 Å². The van der Waals surface area contributed by atoms with Gasteiger partial charge in [-0.05, 0) is 79.1 Å². The summed E-state index contributed by atoms with van der Waals surface area (Å²) in [4.78, 5) is 24.6. The van der Waals surface area contributed by atoms with Gasteiger partial charge in [-0.2, -0.15) is 5.26 Å². The molecule has 1 saturated carbocycles. The van der Waals surface area contributed by atoms with Crippen molar-refractivity contribution in [3.8, 4) is 6.07 Å². The Bertz CT molecular complexity index is 935. The number of carbonyl (C=O) groups excluding carboxylic acids is 2. The van der Waals surface area contributed by atoms with Gasteiger partial charge in [0.05, 0.1) is 11.1 Å². The van der Waals surface area contributed by atoms with Crippen molar-refractivity contribution in [3.63, 3.8) is 0 Å². The molecule has 1 aromatic heterocycles. The minimum absolute atomic E-state index is 0.283. The lowest BCUT2D eigenvalue weighted by atomic mass is 10.2. The van der Waals surface area contributed by atoms with Crippen molar-refractivity contribution < 1.29 is 14.3 Å². The number of anilines is 1. The minimum Gasteiger partial charge on any atom is -0.452 e. The van der Waals surface area contributed by atoms with E-state index in [-0.39, 0.29) is 6.04 Å². The van der Waals surface area contributed by atoms with E-state index >= 15 is 0 Å². The highest BCUT2D eigenvalue weighted by molar-refractivity contribution is 14.1. The molecule has 146 valence electrons. The van der Waals surface area contributed by atoms with Gasteiger partial charge in [0.1, 0.15) is 11.9 Å². The molecule has 0 spiro atoms. The highest BCUT2D eigenvalue weighted by atomic mass is 127. The first-order valence-electron chi connectivity index (χ1n) is 9.26. The highest BCUT2D eigenvalue weighted by Gasteiger charge is 2.26. The van der Waals surface area contributed by atoms with Crippen LogP contribution < -0.4 is 5.32 Å². The number of nitrogens with one attached hydrogen (secondary N) is 1. The lowest BCUT2D eigenvalue weighted by molar-refractivity contribution is -0.119. The molecule has 0 atom stereocenters. The first-order valence-corrected chi connectivity index (χ1v) is 10.3. The van der Waals surface area contributed by atoms with Gasteiger partial charge in [0, 0.05) is 15.3 Å². The van der Waals surface area contributed by atoms with Gasteiger partial charge in [0.15, 0.2) is 6.61 Å². The molecule has 1 heterocycles. The average Bonchev–Trinajstić information content (AvgIpc) is 3.28. The van der Waals surface area contributed by atoms with Crippen LogP contribution in [0.25, 0.3) is 0 Å². The quantitative estimate of drug-likeness (QED) is 0.494. The third-order valence-electron chi connectivity index (χ3n) is 5.23. The maximum Gasteiger partial charge on any atom is 0.338 e. The second-order valence-corrected chi connectivity index (χ2v) is 8.23. The third kappa shape index (κ3) is 4.22. The Hall–Kier alpha value is -2.34. The smallest absolute Gasteiger partial charge is 0.338 e. The van der Waals surface area contributed by atoms with Crippen molar-refractivity contribution in [2.75, 3.05) is 11.9 Å². The summed E-state index contributed by atoms with van der Waals surface area (Å²) in [5, 5.41) is 12.4. The number of amides is 1. The Morgan fingerprint density at radius 3 is 2.50 bits per heavy atom. The van der Waals surface area contributed by atoms with Crippen LogP contribution >= 0.6 is 22.6 Å². The molecule has 1 fully saturated rings. The summed E-state index contributed by atoms with van der Waals surface area (Å²) in [5.41, 5.74) is 2.74. The van der Waals surface area contributed by atoms with Crippen molar-refractivity contribution in [1.82, 2.24) is 4.57 Å². The molecule has 1 aliphatic rings. The first-order chi connectivity index (χ1) is 13.4. The van der Waals surface area contributed by atoms with Gasteiger partial charge in [0.2, 0.25) is 0 Å². The molecule has 3 rings (SSSR count). The van der Waals surface area contributed by atoms with Crippen LogP contribution in [0.1, 0.15) is 58.9 Å². The van der Waals surface area contributed by atoms with Crippen LogP contribution in [0.3, 0.4) is 0 Å². The number of halogens is 1. The van der Waals surface area contributed by atoms with E-state index < -0.39 is 18.5 Å². The van der Waals surface area contributed by atoms with Crippen molar-refractivity contribution in [3.05, 3.63) is 50.2 Å². The van der Waals surface area contributed by atoms with Gasteiger partial charge in [-0.1, -0.05) is 12.8 Å². The summed E-state index contributed by atoms with van der Waals surface area (Å²) in [5.74, 6) is -0.489. The minimum atomic E-state index is -0.550. The number of aromatic nitrogens is 1. The molecule has 1 N–H and O–H groups in total. The molecular formula is C21H22IN3O3. The fourth-order valence-corrected chi connectivity index (χ4v) is 4.03. The average molecular weight is 491 g/mol. The van der Waals surface area contributed by atoms with Crippen molar-refractivity contribution in [2.24, 2.45) is 0 Å². The number of hydrogen-bond donors (Lipinski definition) is 1. The fraction of sp³-hybridized carbons (Fsp3) is 0.381. The Labute approximate surface area is 178 Å². The Morgan fingerprint density at radius 2 is 1.89 bits per heavy atom. The van der Waals surface area contributed by atoms with Gasteiger partial charge in [-0.25, -0.2) is 4.79 Å². The molecular weight excluding hydrogens is 469 g/mol. The van der Waals surface area contributed by atoms with Crippen molar-refractivity contribution in [2.45, 2.75) is 45.6 Å². The molecule has 0 unspecified atom stereocenters. The summed E-state index contributed by atoms with van der Waals surface area (Å²) >= 11 is 2.15. The van der Waals surface area contributed by atoms with E-state index in [1.54, 1.807) is 24.3 Å². The van der Waals surface area contributed by atoms with Gasteiger partial charge in [0.25, 0.3) is 5.91 Å². The van der Waals surface area contributed by atoms with Crippen LogP contribution in [0.5, 0.6) is 0 Å². The summed E-state index contributed by atoms with van der Waals surface area (Å²) in [7, 11) is 0. The number of ether oxygens (including phenoxy) is 1. The normalized spacial score (nSPS) is 13.9. The van der Waals surface area contributed by atoms with E-state index in [1.807, 2.05) is 13.8 Å². The van der Waals surface area contributed by atoms with Crippen LogP contribution in [0, 0.1) is 28.7 Å². The second-order valence-electron chi connectivity index (χ2n) is 6.99. The Balaban J connectivity index is 1.73. The number of esters is 1. The lowest BCUT2D eigenvalue weighted by Crippen LogP contribution is -2.23. The number of rotatable bonds is 5. The first kappa shape index (κ1) is 20.4. The van der Waals surface area contributed by atoms with Gasteiger partial charge < -0.3 is 14.6 Å². The zero-order valence-electron chi connectivity index (χ0n) is 15.9. The predicted octanol–water partition coefficient (Wildman–Crippen LogP) is 4.49. The number of carbonyl (C=O) groups is 2. The molecule has 2 aromatic rings. The molecule has 0 radical (unpaired) electrons. The molecule has 1 amide bonds. The van der Waals surface area contributed by atoms with Gasteiger partial charge in [-0.3, -0.25) is 4.79 Å². The van der Waals surface area contributed by atoms with Crippen LogP contribution in [0.2, 0.25) is 0 Å². The van der Waals surface area contributed by atoms with E-state index in [4.69, 9.17) is 4.74 Å². The third-order valence-corrected chi connectivity index (χ3v) is 5.95. The van der Waals surface area contributed by atoms with Crippen LogP contribution in [0.15, 0.2) is 24.3 Å².